The molecule has 0 atom stereocenters. The number of hydrogen-bond acceptors (Lipinski definition) is 8. The number of rotatable bonds is 9. The van der Waals surface area contributed by atoms with Gasteiger partial charge in [0, 0.05) is 51.4 Å². The van der Waals surface area contributed by atoms with Crippen molar-refractivity contribution in [1.82, 2.24) is 19.8 Å². The summed E-state index contributed by atoms with van der Waals surface area (Å²) in [5, 5.41) is 17.6. The number of anilines is 2. The van der Waals surface area contributed by atoms with Gasteiger partial charge >= 0.3 is 6.18 Å². The lowest BCUT2D eigenvalue weighted by molar-refractivity contribution is -0.384. The topological polar surface area (TPSA) is 99.5 Å². The van der Waals surface area contributed by atoms with Crippen LogP contribution in [0.5, 0.6) is 0 Å². The zero-order valence-corrected chi connectivity index (χ0v) is 19.9. The Morgan fingerprint density at radius 1 is 0.972 bits per heavy atom. The van der Waals surface area contributed by atoms with Gasteiger partial charge in [-0.1, -0.05) is 12.1 Å². The Morgan fingerprint density at radius 3 is 2.31 bits per heavy atom. The largest absolute Gasteiger partial charge is 0.416 e. The Labute approximate surface area is 206 Å². The third kappa shape index (κ3) is 6.58. The highest BCUT2D eigenvalue weighted by molar-refractivity contribution is 5.82. The maximum absolute atomic E-state index is 12.8. The summed E-state index contributed by atoms with van der Waals surface area (Å²) in [7, 11) is 2.11. The average Bonchev–Trinajstić information content (AvgIpc) is 2.85. The number of benzene rings is 2. The van der Waals surface area contributed by atoms with E-state index < -0.39 is 16.7 Å². The quantitative estimate of drug-likeness (QED) is 0.254. The summed E-state index contributed by atoms with van der Waals surface area (Å²) in [6, 6.07) is 9.17. The molecule has 2 N–H and O–H groups in total. The van der Waals surface area contributed by atoms with Gasteiger partial charge < -0.3 is 20.4 Å². The maximum atomic E-state index is 12.8. The SMILES string of the molecule is CN1CCN(CCCNc2nc3cc([N+](=O)[O-])ccc3nc2NCc2ccc(C(F)(F)F)cc2)CC1. The standard InChI is InChI=1S/C24H28F3N7O2/c1-32-11-13-33(14-12-32)10-2-9-28-22-23(29-16-17-3-5-18(6-4-17)24(25,26)27)30-20-8-7-19(34(35)36)15-21(20)31-22/h3-8,15H,2,9-14,16H2,1H3,(H,28,31)(H,29,30). The van der Waals surface area contributed by atoms with Crippen LogP contribution in [0.4, 0.5) is 30.5 Å². The van der Waals surface area contributed by atoms with Crippen molar-refractivity contribution in [2.75, 3.05) is 56.9 Å². The van der Waals surface area contributed by atoms with Crippen LogP contribution in [-0.4, -0.2) is 71.0 Å². The highest BCUT2D eigenvalue weighted by Crippen LogP contribution is 2.29. The first-order valence-corrected chi connectivity index (χ1v) is 11.7. The molecule has 0 bridgehead atoms. The van der Waals surface area contributed by atoms with Gasteiger partial charge in [0.25, 0.3) is 5.69 Å². The fourth-order valence-electron chi connectivity index (χ4n) is 3.98. The van der Waals surface area contributed by atoms with E-state index >= 15 is 0 Å². The second-order valence-electron chi connectivity index (χ2n) is 8.82. The number of nitrogens with zero attached hydrogens (tertiary/aromatic N) is 5. The number of nitro benzene ring substituents is 1. The van der Waals surface area contributed by atoms with Gasteiger partial charge in [-0.05, 0) is 43.8 Å². The molecule has 0 amide bonds. The van der Waals surface area contributed by atoms with Crippen LogP contribution in [-0.2, 0) is 12.7 Å². The molecular weight excluding hydrogens is 475 g/mol. The van der Waals surface area contributed by atoms with Crippen LogP contribution >= 0.6 is 0 Å². The number of likely N-dealkylation sites (N-methyl/N-ethyl adjacent to an activating group) is 1. The summed E-state index contributed by atoms with van der Waals surface area (Å²) in [4.78, 5) is 24.5. The van der Waals surface area contributed by atoms with E-state index in [9.17, 15) is 23.3 Å². The normalized spacial score (nSPS) is 15.2. The monoisotopic (exact) mass is 503 g/mol. The molecule has 1 aliphatic rings. The minimum absolute atomic E-state index is 0.0803. The van der Waals surface area contributed by atoms with Crippen LogP contribution in [0.25, 0.3) is 11.0 Å². The van der Waals surface area contributed by atoms with Gasteiger partial charge in [-0.2, -0.15) is 13.2 Å². The Morgan fingerprint density at radius 2 is 1.64 bits per heavy atom. The lowest BCUT2D eigenvalue weighted by atomic mass is 10.1. The molecule has 1 aliphatic heterocycles. The number of halogens is 3. The number of fused-ring (bicyclic) bond motifs is 1. The molecular formula is C24H28F3N7O2. The van der Waals surface area contributed by atoms with Gasteiger partial charge in [0.1, 0.15) is 0 Å². The van der Waals surface area contributed by atoms with E-state index in [4.69, 9.17) is 0 Å². The van der Waals surface area contributed by atoms with Crippen LogP contribution in [0.1, 0.15) is 17.5 Å². The highest BCUT2D eigenvalue weighted by atomic mass is 19.4. The van der Waals surface area contributed by atoms with Crippen molar-refractivity contribution >= 4 is 28.4 Å². The third-order valence-electron chi connectivity index (χ3n) is 6.14. The van der Waals surface area contributed by atoms with Gasteiger partial charge in [-0.15, -0.1) is 0 Å². The molecule has 1 saturated heterocycles. The summed E-state index contributed by atoms with van der Waals surface area (Å²) < 4.78 is 38.5. The van der Waals surface area contributed by atoms with E-state index in [1.165, 1.54) is 30.3 Å². The Hall–Kier alpha value is -3.51. The number of aromatic nitrogens is 2. The first kappa shape index (κ1) is 25.6. The highest BCUT2D eigenvalue weighted by Gasteiger charge is 2.29. The fraction of sp³-hybridized carbons (Fsp3) is 0.417. The van der Waals surface area contributed by atoms with Gasteiger partial charge in [0.05, 0.1) is 21.5 Å². The molecule has 4 rings (SSSR count). The van der Waals surface area contributed by atoms with Gasteiger partial charge in [0.2, 0.25) is 0 Å². The number of piperazine rings is 1. The molecule has 0 unspecified atom stereocenters. The van der Waals surface area contributed by atoms with Crippen LogP contribution in [0.2, 0.25) is 0 Å². The van der Waals surface area contributed by atoms with Crippen molar-refractivity contribution in [3.05, 3.63) is 63.7 Å². The Balaban J connectivity index is 1.47. The smallest absolute Gasteiger partial charge is 0.367 e. The van der Waals surface area contributed by atoms with Crippen LogP contribution in [0.15, 0.2) is 42.5 Å². The first-order valence-electron chi connectivity index (χ1n) is 11.7. The van der Waals surface area contributed by atoms with E-state index in [2.05, 4.69) is 37.4 Å². The molecule has 12 heteroatoms. The number of hydrogen-bond donors (Lipinski definition) is 2. The van der Waals surface area contributed by atoms with Crippen molar-refractivity contribution in [2.24, 2.45) is 0 Å². The van der Waals surface area contributed by atoms with Crippen molar-refractivity contribution in [1.29, 1.82) is 0 Å². The number of nitrogens with one attached hydrogen (secondary N) is 2. The van der Waals surface area contributed by atoms with E-state index in [1.807, 2.05) is 0 Å². The molecule has 1 aromatic heterocycles. The Bertz CT molecular complexity index is 1200. The molecule has 36 heavy (non-hydrogen) atoms. The van der Waals surface area contributed by atoms with Crippen molar-refractivity contribution in [3.63, 3.8) is 0 Å². The van der Waals surface area contributed by atoms with Crippen molar-refractivity contribution < 1.29 is 18.1 Å². The van der Waals surface area contributed by atoms with Crippen LogP contribution in [0, 0.1) is 10.1 Å². The second kappa shape index (κ2) is 11.0. The molecule has 2 aromatic carbocycles. The van der Waals surface area contributed by atoms with E-state index in [-0.39, 0.29) is 12.2 Å². The zero-order chi connectivity index (χ0) is 25.7. The molecule has 0 aliphatic carbocycles. The van der Waals surface area contributed by atoms with Crippen LogP contribution < -0.4 is 10.6 Å². The average molecular weight is 504 g/mol. The molecule has 3 aromatic rings. The van der Waals surface area contributed by atoms with Crippen LogP contribution in [0.3, 0.4) is 0 Å². The fourth-order valence-corrected chi connectivity index (χ4v) is 3.98. The molecule has 192 valence electrons. The van der Waals surface area contributed by atoms with Gasteiger partial charge in [-0.25, -0.2) is 9.97 Å². The molecule has 9 nitrogen and oxygen atoms in total. The molecule has 0 spiro atoms. The summed E-state index contributed by atoms with van der Waals surface area (Å²) >= 11 is 0. The van der Waals surface area contributed by atoms with E-state index in [1.54, 1.807) is 0 Å². The predicted molar refractivity (Wildman–Crippen MR) is 132 cm³/mol. The zero-order valence-electron chi connectivity index (χ0n) is 19.9. The summed E-state index contributed by atoms with van der Waals surface area (Å²) in [6.45, 7) is 5.92. The Kier molecular flexibility index (Phi) is 7.85. The van der Waals surface area contributed by atoms with Gasteiger partial charge in [0.15, 0.2) is 11.6 Å². The third-order valence-corrected chi connectivity index (χ3v) is 6.14. The number of nitro groups is 1. The molecule has 2 heterocycles. The minimum Gasteiger partial charge on any atom is -0.367 e. The van der Waals surface area contributed by atoms with Gasteiger partial charge in [-0.3, -0.25) is 10.1 Å². The lowest BCUT2D eigenvalue weighted by Crippen LogP contribution is -2.44. The predicted octanol–water partition coefficient (Wildman–Crippen LogP) is 4.22. The lowest BCUT2D eigenvalue weighted by Gasteiger charge is -2.32. The van der Waals surface area contributed by atoms with E-state index in [0.29, 0.717) is 34.8 Å². The number of alkyl halides is 3. The minimum atomic E-state index is -4.39. The molecule has 0 radical (unpaired) electrons. The van der Waals surface area contributed by atoms with Crippen molar-refractivity contribution in [3.8, 4) is 0 Å². The second-order valence-corrected chi connectivity index (χ2v) is 8.82. The summed E-state index contributed by atoms with van der Waals surface area (Å²) in [6.07, 6.45) is -3.52. The number of non-ortho nitro benzene ring substituents is 1. The molecule has 0 saturated carbocycles. The molecule has 1 fully saturated rings. The van der Waals surface area contributed by atoms with Crippen molar-refractivity contribution in [2.45, 2.75) is 19.1 Å². The van der Waals surface area contributed by atoms with E-state index in [0.717, 1.165) is 51.3 Å². The summed E-state index contributed by atoms with van der Waals surface area (Å²) in [5.41, 5.74) is 0.711. The maximum Gasteiger partial charge on any atom is 0.416 e. The summed E-state index contributed by atoms with van der Waals surface area (Å²) in [5.74, 6) is 0.865. The first-order chi connectivity index (χ1) is 17.2.